The predicted octanol–water partition coefficient (Wildman–Crippen LogP) is 3.90. The molecule has 0 fully saturated rings. The van der Waals surface area contributed by atoms with Crippen molar-refractivity contribution in [3.8, 4) is 16.9 Å². The first-order chi connectivity index (χ1) is 14.0. The molecule has 29 heavy (non-hydrogen) atoms. The van der Waals surface area contributed by atoms with Gasteiger partial charge in [-0.1, -0.05) is 44.2 Å². The van der Waals surface area contributed by atoms with Gasteiger partial charge in [-0.3, -0.25) is 14.2 Å². The number of aromatic amines is 1. The molecule has 4 aromatic rings. The maximum Gasteiger partial charge on any atom is 0.263 e. The van der Waals surface area contributed by atoms with E-state index in [1.165, 1.54) is 28.3 Å². The third kappa shape index (κ3) is 4.00. The quantitative estimate of drug-likeness (QED) is 0.526. The van der Waals surface area contributed by atoms with Gasteiger partial charge in [0, 0.05) is 28.9 Å². The molecule has 0 spiro atoms. The van der Waals surface area contributed by atoms with Crippen molar-refractivity contribution < 1.29 is 4.74 Å². The predicted molar refractivity (Wildman–Crippen MR) is 116 cm³/mol. The zero-order chi connectivity index (χ0) is 20.4. The Kier molecular flexibility index (Phi) is 5.31. The molecule has 0 saturated carbocycles. The topological polar surface area (TPSA) is 77.0 Å². The lowest BCUT2D eigenvalue weighted by Crippen LogP contribution is -2.22. The van der Waals surface area contributed by atoms with Crippen LogP contribution in [0.3, 0.4) is 0 Å². The van der Waals surface area contributed by atoms with E-state index in [4.69, 9.17) is 4.74 Å². The molecule has 0 atom stereocenters. The number of hydrogen-bond acceptors (Lipinski definition) is 5. The molecule has 0 saturated heterocycles. The minimum Gasteiger partial charge on any atom is -0.488 e. The van der Waals surface area contributed by atoms with Gasteiger partial charge in [0.15, 0.2) is 5.75 Å². The molecule has 0 aliphatic heterocycles. The first-order valence-electron chi connectivity index (χ1n) is 9.39. The largest absolute Gasteiger partial charge is 0.488 e. The second kappa shape index (κ2) is 8.05. The molecule has 148 valence electrons. The number of thiophene rings is 1. The van der Waals surface area contributed by atoms with Crippen LogP contribution in [-0.4, -0.2) is 21.1 Å². The average molecular weight is 407 g/mol. The molecule has 0 amide bonds. The van der Waals surface area contributed by atoms with E-state index in [-0.39, 0.29) is 23.3 Å². The summed E-state index contributed by atoms with van der Waals surface area (Å²) in [5.41, 5.74) is 2.14. The van der Waals surface area contributed by atoms with Crippen molar-refractivity contribution >= 4 is 21.6 Å². The Balaban J connectivity index is 1.67. The third-order valence-corrected chi connectivity index (χ3v) is 5.38. The van der Waals surface area contributed by atoms with Gasteiger partial charge < -0.3 is 9.72 Å². The summed E-state index contributed by atoms with van der Waals surface area (Å²) in [6.07, 6.45) is 3.08. The number of H-pyrrole nitrogens is 1. The van der Waals surface area contributed by atoms with Gasteiger partial charge in [-0.15, -0.1) is 11.3 Å². The number of nitrogens with one attached hydrogen (secondary N) is 1. The fraction of sp³-hybridized carbons (Fsp3) is 0.227. The van der Waals surface area contributed by atoms with E-state index in [0.717, 1.165) is 11.1 Å². The summed E-state index contributed by atoms with van der Waals surface area (Å²) in [5, 5.41) is 2.56. The molecule has 0 unspecified atom stereocenters. The summed E-state index contributed by atoms with van der Waals surface area (Å²) in [6.45, 7) is 4.74. The van der Waals surface area contributed by atoms with Gasteiger partial charge in [0.2, 0.25) is 5.43 Å². The molecule has 1 aromatic carbocycles. The maximum absolute atomic E-state index is 13.1. The highest BCUT2D eigenvalue weighted by Gasteiger charge is 2.14. The summed E-state index contributed by atoms with van der Waals surface area (Å²) >= 11 is 1.45. The van der Waals surface area contributed by atoms with Crippen LogP contribution in [0.4, 0.5) is 0 Å². The molecule has 4 rings (SSSR count). The van der Waals surface area contributed by atoms with Gasteiger partial charge in [0.1, 0.15) is 4.83 Å². The normalized spacial score (nSPS) is 11.3. The molecule has 3 heterocycles. The van der Waals surface area contributed by atoms with Gasteiger partial charge in [-0.05, 0) is 11.5 Å². The zero-order valence-electron chi connectivity index (χ0n) is 16.2. The molecule has 6 nitrogen and oxygen atoms in total. The van der Waals surface area contributed by atoms with E-state index >= 15 is 0 Å². The Morgan fingerprint density at radius 3 is 2.72 bits per heavy atom. The first-order valence-corrected chi connectivity index (χ1v) is 10.3. The highest BCUT2D eigenvalue weighted by molar-refractivity contribution is 7.17. The van der Waals surface area contributed by atoms with E-state index < -0.39 is 0 Å². The average Bonchev–Trinajstić information content (AvgIpc) is 3.15. The smallest absolute Gasteiger partial charge is 0.263 e. The van der Waals surface area contributed by atoms with Crippen molar-refractivity contribution in [2.45, 2.75) is 20.4 Å². The Hall–Kier alpha value is -3.19. The number of pyridine rings is 1. The van der Waals surface area contributed by atoms with Crippen LogP contribution in [0.2, 0.25) is 0 Å². The van der Waals surface area contributed by atoms with Crippen molar-refractivity contribution in [3.05, 3.63) is 80.6 Å². The minimum absolute atomic E-state index is 0.129. The Labute approximate surface area is 171 Å². The molecular formula is C22H21N3O3S. The van der Waals surface area contributed by atoms with Crippen molar-refractivity contribution in [2.75, 3.05) is 6.61 Å². The van der Waals surface area contributed by atoms with Crippen LogP contribution in [0, 0.1) is 5.92 Å². The number of benzene rings is 1. The van der Waals surface area contributed by atoms with Crippen LogP contribution in [-0.2, 0) is 6.54 Å². The molecule has 0 bridgehead atoms. The van der Waals surface area contributed by atoms with Gasteiger partial charge in [-0.25, -0.2) is 4.98 Å². The summed E-state index contributed by atoms with van der Waals surface area (Å²) in [4.78, 5) is 33.6. The number of rotatable bonds is 6. The molecule has 0 radical (unpaired) electrons. The Morgan fingerprint density at radius 2 is 2.00 bits per heavy atom. The first kappa shape index (κ1) is 19.1. The van der Waals surface area contributed by atoms with Gasteiger partial charge >= 0.3 is 0 Å². The zero-order valence-corrected chi connectivity index (χ0v) is 17.0. The lowest BCUT2D eigenvalue weighted by atomic mass is 10.1. The highest BCUT2D eigenvalue weighted by Crippen LogP contribution is 2.30. The van der Waals surface area contributed by atoms with Crippen LogP contribution in [0.5, 0.6) is 5.75 Å². The van der Waals surface area contributed by atoms with E-state index in [1.807, 2.05) is 49.6 Å². The number of nitrogens with zero attached hydrogens (tertiary/aromatic N) is 2. The van der Waals surface area contributed by atoms with Crippen molar-refractivity contribution in [1.29, 1.82) is 0 Å². The fourth-order valence-corrected chi connectivity index (χ4v) is 3.96. The van der Waals surface area contributed by atoms with E-state index in [2.05, 4.69) is 9.97 Å². The van der Waals surface area contributed by atoms with Crippen LogP contribution >= 0.6 is 11.3 Å². The second-order valence-electron chi connectivity index (χ2n) is 7.26. The number of fused-ring (bicyclic) bond motifs is 1. The van der Waals surface area contributed by atoms with Crippen LogP contribution in [0.1, 0.15) is 19.5 Å². The van der Waals surface area contributed by atoms with Gasteiger partial charge in [-0.2, -0.15) is 0 Å². The fourth-order valence-electron chi connectivity index (χ4n) is 3.05. The van der Waals surface area contributed by atoms with Crippen LogP contribution in [0.15, 0.2) is 63.9 Å². The lowest BCUT2D eigenvalue weighted by Gasteiger charge is -2.10. The molecule has 3 aromatic heterocycles. The van der Waals surface area contributed by atoms with Crippen molar-refractivity contribution in [3.63, 3.8) is 0 Å². The van der Waals surface area contributed by atoms with Gasteiger partial charge in [0.25, 0.3) is 5.56 Å². The number of hydrogen-bond donors (Lipinski definition) is 1. The van der Waals surface area contributed by atoms with Crippen molar-refractivity contribution in [1.82, 2.24) is 14.5 Å². The van der Waals surface area contributed by atoms with E-state index in [0.29, 0.717) is 28.4 Å². The molecule has 0 aliphatic carbocycles. The summed E-state index contributed by atoms with van der Waals surface area (Å²) in [5.74, 6) is 0.613. The summed E-state index contributed by atoms with van der Waals surface area (Å²) in [6, 6.07) is 11.3. The molecule has 0 aliphatic rings. The summed E-state index contributed by atoms with van der Waals surface area (Å²) in [7, 11) is 0. The number of ether oxygens (including phenoxy) is 1. The summed E-state index contributed by atoms with van der Waals surface area (Å²) < 4.78 is 7.03. The van der Waals surface area contributed by atoms with Crippen LogP contribution < -0.4 is 15.7 Å². The highest BCUT2D eigenvalue weighted by atomic mass is 32.1. The molecule has 7 heteroatoms. The Bertz CT molecular complexity index is 1260. The standard InChI is InChI=1S/C22H21N3O3S/c1-14(2)11-28-19-9-23-16(8-18(19)26)10-25-13-24-21-20(22(25)27)17(12-29-21)15-6-4-3-5-7-15/h3-9,12-14H,10-11H2,1-2H3,(H,23,26). The maximum atomic E-state index is 13.1. The molecule has 1 N–H and O–H groups in total. The SMILES string of the molecule is CC(C)COc1c[nH]c(Cn2cnc3scc(-c4ccccc4)c3c2=O)cc1=O. The Morgan fingerprint density at radius 1 is 1.21 bits per heavy atom. The van der Waals surface area contributed by atoms with E-state index in [9.17, 15) is 9.59 Å². The minimum atomic E-state index is -0.206. The molecular weight excluding hydrogens is 386 g/mol. The number of aromatic nitrogens is 3. The third-order valence-electron chi connectivity index (χ3n) is 4.50. The van der Waals surface area contributed by atoms with Gasteiger partial charge in [0.05, 0.1) is 24.9 Å². The second-order valence-corrected chi connectivity index (χ2v) is 8.12. The van der Waals surface area contributed by atoms with E-state index in [1.54, 1.807) is 6.20 Å². The monoisotopic (exact) mass is 407 g/mol. The van der Waals surface area contributed by atoms with Crippen LogP contribution in [0.25, 0.3) is 21.3 Å². The van der Waals surface area contributed by atoms with Crippen molar-refractivity contribution in [2.24, 2.45) is 5.92 Å². The lowest BCUT2D eigenvalue weighted by molar-refractivity contribution is 0.267.